The Balaban J connectivity index is 2.19. The molecule has 1 aliphatic rings. The van der Waals surface area contributed by atoms with Gasteiger partial charge in [-0.15, -0.1) is 0 Å². The van der Waals surface area contributed by atoms with Crippen molar-refractivity contribution in [3.8, 4) is 0 Å². The summed E-state index contributed by atoms with van der Waals surface area (Å²) < 4.78 is 28.2. The van der Waals surface area contributed by atoms with Gasteiger partial charge < -0.3 is 10.0 Å². The zero-order valence-electron chi connectivity index (χ0n) is 11.0. The molecule has 0 aromatic heterocycles. The molecule has 0 spiro atoms. The Hall–Kier alpha value is -1.98. The second-order valence-corrected chi connectivity index (χ2v) is 5.28. The number of carboxylic acid groups (broad SMARTS) is 1. The first-order valence-electron chi connectivity index (χ1n) is 6.23. The average molecular weight is 283 g/mol. The summed E-state index contributed by atoms with van der Waals surface area (Å²) in [5.41, 5.74) is -1.53. The van der Waals surface area contributed by atoms with Crippen LogP contribution in [0, 0.1) is 5.41 Å². The quantitative estimate of drug-likeness (QED) is 0.924. The lowest BCUT2D eigenvalue weighted by Crippen LogP contribution is -2.42. The lowest BCUT2D eigenvalue weighted by atomic mass is 9.90. The summed E-state index contributed by atoms with van der Waals surface area (Å²) in [5, 5.41) is 9.07. The Morgan fingerprint density at radius 3 is 2.40 bits per heavy atom. The number of aliphatic carboxylic acids is 1. The number of carbonyl (C=O) groups excluding carboxylic acids is 1. The molecule has 1 aromatic carbocycles. The molecule has 1 saturated heterocycles. The monoisotopic (exact) mass is 283 g/mol. The summed E-state index contributed by atoms with van der Waals surface area (Å²) in [5.74, 6) is -6.05. The molecular formula is C14H15F2NO3. The molecule has 1 amide bonds. The number of alkyl halides is 2. The number of hydrogen-bond acceptors (Lipinski definition) is 2. The smallest absolute Gasteiger partial charge is 0.349 e. The van der Waals surface area contributed by atoms with Crippen LogP contribution in [-0.2, 0) is 15.5 Å². The van der Waals surface area contributed by atoms with Gasteiger partial charge in [0.2, 0.25) is 0 Å². The molecular weight excluding hydrogens is 268 g/mol. The van der Waals surface area contributed by atoms with Gasteiger partial charge in [-0.2, -0.15) is 8.78 Å². The van der Waals surface area contributed by atoms with Crippen molar-refractivity contribution in [2.75, 3.05) is 13.1 Å². The van der Waals surface area contributed by atoms with Gasteiger partial charge in [0, 0.05) is 18.7 Å². The number of hydrogen-bond donors (Lipinski definition) is 1. The molecule has 1 aromatic rings. The summed E-state index contributed by atoms with van der Waals surface area (Å²) in [6, 6.07) is 6.82. The Kier molecular flexibility index (Phi) is 3.50. The lowest BCUT2D eigenvalue weighted by Gasteiger charge is -2.24. The largest absolute Gasteiger partial charge is 0.481 e. The number of amides is 1. The summed E-state index contributed by atoms with van der Waals surface area (Å²) in [7, 11) is 0. The van der Waals surface area contributed by atoms with Gasteiger partial charge >= 0.3 is 11.9 Å². The van der Waals surface area contributed by atoms with Crippen LogP contribution in [0.5, 0.6) is 0 Å². The minimum atomic E-state index is -3.63. The number of likely N-dealkylation sites (tertiary alicyclic amines) is 1. The fourth-order valence-corrected chi connectivity index (χ4v) is 2.28. The van der Waals surface area contributed by atoms with Gasteiger partial charge in [-0.25, -0.2) is 0 Å². The average Bonchev–Trinajstić information content (AvgIpc) is 2.83. The third kappa shape index (κ3) is 2.37. The Morgan fingerprint density at radius 2 is 1.90 bits per heavy atom. The van der Waals surface area contributed by atoms with Crippen LogP contribution in [0.2, 0.25) is 0 Å². The van der Waals surface area contributed by atoms with Crippen LogP contribution in [0.3, 0.4) is 0 Å². The van der Waals surface area contributed by atoms with Crippen molar-refractivity contribution in [3.63, 3.8) is 0 Å². The zero-order chi connectivity index (χ0) is 15.0. The first-order chi connectivity index (χ1) is 9.27. The minimum Gasteiger partial charge on any atom is -0.481 e. The fraction of sp³-hybridized carbons (Fsp3) is 0.429. The standard InChI is InChI=1S/C14H15F2NO3/c1-13(12(19)20)7-8-17(9-13)11(18)14(15,16)10-5-3-2-4-6-10/h2-6H,7-9H2,1H3,(H,19,20). The fourth-order valence-electron chi connectivity index (χ4n) is 2.28. The van der Waals surface area contributed by atoms with Crippen LogP contribution in [0.1, 0.15) is 18.9 Å². The molecule has 2 rings (SSSR count). The van der Waals surface area contributed by atoms with Crippen LogP contribution in [0.4, 0.5) is 8.78 Å². The summed E-state index contributed by atoms with van der Waals surface area (Å²) in [6.07, 6.45) is 0.180. The van der Waals surface area contributed by atoms with E-state index in [2.05, 4.69) is 0 Å². The van der Waals surface area contributed by atoms with Crippen LogP contribution < -0.4 is 0 Å². The van der Waals surface area contributed by atoms with E-state index in [1.807, 2.05) is 0 Å². The topological polar surface area (TPSA) is 57.6 Å². The van der Waals surface area contributed by atoms with Crippen molar-refractivity contribution in [3.05, 3.63) is 35.9 Å². The van der Waals surface area contributed by atoms with E-state index < -0.39 is 23.2 Å². The number of rotatable bonds is 3. The molecule has 20 heavy (non-hydrogen) atoms. The third-order valence-electron chi connectivity index (χ3n) is 3.68. The highest BCUT2D eigenvalue weighted by atomic mass is 19.3. The maximum atomic E-state index is 14.1. The van der Waals surface area contributed by atoms with Crippen molar-refractivity contribution in [2.24, 2.45) is 5.41 Å². The molecule has 0 aliphatic carbocycles. The molecule has 1 heterocycles. The van der Waals surface area contributed by atoms with Gasteiger partial charge in [0.05, 0.1) is 5.41 Å². The van der Waals surface area contributed by atoms with Crippen molar-refractivity contribution >= 4 is 11.9 Å². The molecule has 1 fully saturated rings. The zero-order valence-corrected chi connectivity index (χ0v) is 11.0. The van der Waals surface area contributed by atoms with Crippen molar-refractivity contribution in [1.82, 2.24) is 4.90 Å². The van der Waals surface area contributed by atoms with Gasteiger partial charge in [-0.1, -0.05) is 30.3 Å². The molecule has 0 radical (unpaired) electrons. The lowest BCUT2D eigenvalue weighted by molar-refractivity contribution is -0.159. The van der Waals surface area contributed by atoms with Crippen LogP contribution >= 0.6 is 0 Å². The van der Waals surface area contributed by atoms with Crippen LogP contribution in [0.25, 0.3) is 0 Å². The highest BCUT2D eigenvalue weighted by molar-refractivity contribution is 5.86. The van der Waals surface area contributed by atoms with E-state index in [-0.39, 0.29) is 25.1 Å². The van der Waals surface area contributed by atoms with Gasteiger partial charge in [0.25, 0.3) is 5.91 Å². The number of nitrogens with zero attached hydrogens (tertiary/aromatic N) is 1. The minimum absolute atomic E-state index is 0.0318. The molecule has 1 N–H and O–H groups in total. The Bertz CT molecular complexity index is 532. The SMILES string of the molecule is CC1(C(=O)O)CCN(C(=O)C(F)(F)c2ccccc2)C1. The highest BCUT2D eigenvalue weighted by Crippen LogP contribution is 2.36. The van der Waals surface area contributed by atoms with Crippen LogP contribution in [0.15, 0.2) is 30.3 Å². The van der Waals surface area contributed by atoms with E-state index in [4.69, 9.17) is 5.11 Å². The molecule has 0 bridgehead atoms. The molecule has 108 valence electrons. The molecule has 1 aliphatic heterocycles. The van der Waals surface area contributed by atoms with E-state index in [1.165, 1.54) is 31.2 Å². The van der Waals surface area contributed by atoms with E-state index >= 15 is 0 Å². The number of halogens is 2. The van der Waals surface area contributed by atoms with Crippen molar-refractivity contribution in [2.45, 2.75) is 19.3 Å². The predicted molar refractivity (Wildman–Crippen MR) is 67.3 cm³/mol. The second kappa shape index (κ2) is 4.85. The normalized spacial score (nSPS) is 22.9. The molecule has 1 atom stereocenters. The Morgan fingerprint density at radius 1 is 1.30 bits per heavy atom. The van der Waals surface area contributed by atoms with Crippen molar-refractivity contribution in [1.29, 1.82) is 0 Å². The highest BCUT2D eigenvalue weighted by Gasteiger charge is 2.49. The van der Waals surface area contributed by atoms with E-state index in [0.717, 1.165) is 4.90 Å². The number of carbonyl (C=O) groups is 2. The van der Waals surface area contributed by atoms with E-state index in [9.17, 15) is 18.4 Å². The number of benzene rings is 1. The van der Waals surface area contributed by atoms with Crippen molar-refractivity contribution < 1.29 is 23.5 Å². The van der Waals surface area contributed by atoms with Gasteiger partial charge in [-0.05, 0) is 13.3 Å². The molecule has 0 saturated carbocycles. The summed E-state index contributed by atoms with van der Waals surface area (Å²) in [6.45, 7) is 1.30. The predicted octanol–water partition coefficient (Wildman–Crippen LogP) is 2.10. The van der Waals surface area contributed by atoms with E-state index in [1.54, 1.807) is 6.07 Å². The first-order valence-corrected chi connectivity index (χ1v) is 6.23. The maximum Gasteiger partial charge on any atom is 0.349 e. The first kappa shape index (κ1) is 14.4. The maximum absolute atomic E-state index is 14.1. The summed E-state index contributed by atoms with van der Waals surface area (Å²) >= 11 is 0. The van der Waals surface area contributed by atoms with Gasteiger partial charge in [-0.3, -0.25) is 9.59 Å². The second-order valence-electron chi connectivity index (χ2n) is 5.28. The van der Waals surface area contributed by atoms with Gasteiger partial charge in [0.15, 0.2) is 0 Å². The van der Waals surface area contributed by atoms with Crippen LogP contribution in [-0.4, -0.2) is 35.0 Å². The molecule has 4 nitrogen and oxygen atoms in total. The third-order valence-corrected chi connectivity index (χ3v) is 3.68. The van der Waals surface area contributed by atoms with E-state index in [0.29, 0.717) is 0 Å². The summed E-state index contributed by atoms with van der Waals surface area (Å²) in [4.78, 5) is 24.0. The Labute approximate surface area is 115 Å². The van der Waals surface area contributed by atoms with Gasteiger partial charge in [0.1, 0.15) is 0 Å². The number of carboxylic acids is 1. The molecule has 1 unspecified atom stereocenters. The molecule has 6 heteroatoms.